The highest BCUT2D eigenvalue weighted by molar-refractivity contribution is 5.27. The summed E-state index contributed by atoms with van der Waals surface area (Å²) in [7, 11) is 0. The Morgan fingerprint density at radius 1 is 1.29 bits per heavy atom. The van der Waals surface area contributed by atoms with Gasteiger partial charge in [0, 0.05) is 5.69 Å². The van der Waals surface area contributed by atoms with E-state index >= 15 is 0 Å². The van der Waals surface area contributed by atoms with E-state index in [4.69, 9.17) is 9.84 Å². The number of aliphatic hydroxyl groups is 1. The molecule has 1 N–H and O–H groups in total. The van der Waals surface area contributed by atoms with Crippen LogP contribution in [0, 0.1) is 13.8 Å². The summed E-state index contributed by atoms with van der Waals surface area (Å²) in [5, 5.41) is 8.53. The molecule has 0 atom stereocenters. The molecule has 0 aliphatic carbocycles. The lowest BCUT2D eigenvalue weighted by Crippen LogP contribution is -2.03. The largest absolute Gasteiger partial charge is 0.489 e. The maximum Gasteiger partial charge on any atom is 0.140 e. The fourth-order valence-electron chi connectivity index (χ4n) is 0.982. The number of hydrogen-bond acceptors (Lipinski definition) is 3. The van der Waals surface area contributed by atoms with Gasteiger partial charge < -0.3 is 9.84 Å². The Morgan fingerprint density at radius 2 is 1.93 bits per heavy atom. The van der Waals surface area contributed by atoms with Crippen LogP contribution in [0.1, 0.15) is 25.2 Å². The van der Waals surface area contributed by atoms with Crippen molar-refractivity contribution in [3.8, 4) is 5.75 Å². The summed E-state index contributed by atoms with van der Waals surface area (Å²) >= 11 is 0. The lowest BCUT2D eigenvalue weighted by Gasteiger charge is -2.06. The quantitative estimate of drug-likeness (QED) is 0.806. The summed E-state index contributed by atoms with van der Waals surface area (Å²) in [6.45, 7) is 8.18. The molecule has 0 amide bonds. The molecule has 14 heavy (non-hydrogen) atoms. The zero-order valence-electron chi connectivity index (χ0n) is 9.37. The van der Waals surface area contributed by atoms with E-state index < -0.39 is 0 Å². The number of aliphatic hydroxyl groups excluding tert-OH is 1. The Kier molecular flexibility index (Phi) is 6.76. The van der Waals surface area contributed by atoms with Gasteiger partial charge in [0.1, 0.15) is 12.4 Å². The van der Waals surface area contributed by atoms with Gasteiger partial charge in [-0.05, 0) is 26.0 Å². The summed E-state index contributed by atoms with van der Waals surface area (Å²) in [5.74, 6) is 0.745. The van der Waals surface area contributed by atoms with Crippen molar-refractivity contribution in [2.24, 2.45) is 0 Å². The maximum atomic E-state index is 8.53. The van der Waals surface area contributed by atoms with Crippen molar-refractivity contribution in [1.82, 2.24) is 4.98 Å². The van der Waals surface area contributed by atoms with Crippen molar-refractivity contribution >= 4 is 0 Å². The van der Waals surface area contributed by atoms with Crippen molar-refractivity contribution in [3.05, 3.63) is 23.5 Å². The highest BCUT2D eigenvalue weighted by Crippen LogP contribution is 2.14. The minimum absolute atomic E-state index is 0.0350. The molecule has 0 aromatic carbocycles. The van der Waals surface area contributed by atoms with E-state index in [1.807, 2.05) is 39.8 Å². The molecular formula is C11H19NO2. The van der Waals surface area contributed by atoms with Crippen LogP contribution in [-0.4, -0.2) is 23.3 Å². The standard InChI is InChI=1S/C9H13NO2.C2H6/c1-7-3-4-9(8(2)10-7)12-6-5-11;1-2/h3-4,11H,5-6H2,1-2H3;1-2H3. The van der Waals surface area contributed by atoms with Crippen LogP contribution in [0.4, 0.5) is 0 Å². The van der Waals surface area contributed by atoms with Gasteiger partial charge in [0.05, 0.1) is 12.3 Å². The number of ether oxygens (including phenoxy) is 1. The molecular weight excluding hydrogens is 178 g/mol. The summed E-state index contributed by atoms with van der Waals surface area (Å²) in [4.78, 5) is 4.22. The molecule has 80 valence electrons. The van der Waals surface area contributed by atoms with Crippen LogP contribution < -0.4 is 4.74 Å². The molecule has 0 spiro atoms. The molecule has 0 aliphatic heterocycles. The minimum atomic E-state index is 0.0350. The van der Waals surface area contributed by atoms with Gasteiger partial charge in [0.25, 0.3) is 0 Å². The molecule has 0 aliphatic rings. The van der Waals surface area contributed by atoms with Crippen molar-refractivity contribution in [1.29, 1.82) is 0 Å². The molecule has 0 saturated carbocycles. The molecule has 1 aromatic heterocycles. The summed E-state index contributed by atoms with van der Waals surface area (Å²) in [5.41, 5.74) is 1.84. The molecule has 3 heteroatoms. The molecule has 1 aromatic rings. The Balaban J connectivity index is 0.000000791. The monoisotopic (exact) mass is 197 g/mol. The smallest absolute Gasteiger partial charge is 0.140 e. The topological polar surface area (TPSA) is 42.4 Å². The third-order valence-electron chi connectivity index (χ3n) is 1.53. The summed E-state index contributed by atoms with van der Waals surface area (Å²) in [6.07, 6.45) is 0. The van der Waals surface area contributed by atoms with Gasteiger partial charge in [-0.2, -0.15) is 0 Å². The number of hydrogen-bond donors (Lipinski definition) is 1. The average molecular weight is 197 g/mol. The van der Waals surface area contributed by atoms with E-state index in [0.29, 0.717) is 6.61 Å². The lowest BCUT2D eigenvalue weighted by molar-refractivity contribution is 0.200. The number of aryl methyl sites for hydroxylation is 2. The predicted molar refractivity (Wildman–Crippen MR) is 57.6 cm³/mol. The first-order valence-corrected chi connectivity index (χ1v) is 4.92. The first kappa shape index (κ1) is 12.9. The van der Waals surface area contributed by atoms with Gasteiger partial charge in [-0.3, -0.25) is 4.98 Å². The minimum Gasteiger partial charge on any atom is -0.489 e. The predicted octanol–water partition coefficient (Wildman–Crippen LogP) is 2.10. The molecule has 0 bridgehead atoms. The Hall–Kier alpha value is -1.09. The van der Waals surface area contributed by atoms with E-state index in [-0.39, 0.29) is 6.61 Å². The highest BCUT2D eigenvalue weighted by atomic mass is 16.5. The Morgan fingerprint density at radius 3 is 2.43 bits per heavy atom. The van der Waals surface area contributed by atoms with Crippen LogP contribution in [0.5, 0.6) is 5.75 Å². The fourth-order valence-corrected chi connectivity index (χ4v) is 0.982. The van der Waals surface area contributed by atoms with Gasteiger partial charge in [0.15, 0.2) is 0 Å². The second kappa shape index (κ2) is 7.33. The molecule has 0 unspecified atom stereocenters. The number of aromatic nitrogens is 1. The van der Waals surface area contributed by atoms with Gasteiger partial charge >= 0.3 is 0 Å². The number of nitrogens with zero attached hydrogens (tertiary/aromatic N) is 1. The van der Waals surface area contributed by atoms with E-state index in [2.05, 4.69) is 4.98 Å². The van der Waals surface area contributed by atoms with Crippen molar-refractivity contribution in [2.75, 3.05) is 13.2 Å². The summed E-state index contributed by atoms with van der Waals surface area (Å²) in [6, 6.07) is 3.76. The average Bonchev–Trinajstić information content (AvgIpc) is 2.20. The van der Waals surface area contributed by atoms with Gasteiger partial charge in [-0.25, -0.2) is 0 Å². The normalized spacial score (nSPS) is 8.93. The van der Waals surface area contributed by atoms with Crippen molar-refractivity contribution in [2.45, 2.75) is 27.7 Å². The van der Waals surface area contributed by atoms with E-state index in [1.165, 1.54) is 0 Å². The van der Waals surface area contributed by atoms with Crippen LogP contribution in [0.15, 0.2) is 12.1 Å². The van der Waals surface area contributed by atoms with Gasteiger partial charge in [-0.15, -0.1) is 0 Å². The van der Waals surface area contributed by atoms with Crippen LogP contribution in [0.2, 0.25) is 0 Å². The van der Waals surface area contributed by atoms with Crippen LogP contribution >= 0.6 is 0 Å². The van der Waals surface area contributed by atoms with E-state index in [0.717, 1.165) is 17.1 Å². The number of pyridine rings is 1. The lowest BCUT2D eigenvalue weighted by atomic mass is 10.3. The third kappa shape index (κ3) is 4.23. The Bertz CT molecular complexity index is 261. The number of rotatable bonds is 3. The van der Waals surface area contributed by atoms with E-state index in [1.54, 1.807) is 0 Å². The van der Waals surface area contributed by atoms with Crippen molar-refractivity contribution < 1.29 is 9.84 Å². The van der Waals surface area contributed by atoms with Crippen LogP contribution in [0.3, 0.4) is 0 Å². The Labute approximate surface area is 85.8 Å². The SMILES string of the molecule is CC.Cc1ccc(OCCO)c(C)n1. The second-order valence-corrected chi connectivity index (χ2v) is 2.61. The zero-order chi connectivity index (χ0) is 11.0. The molecule has 0 radical (unpaired) electrons. The third-order valence-corrected chi connectivity index (χ3v) is 1.53. The van der Waals surface area contributed by atoms with Crippen molar-refractivity contribution in [3.63, 3.8) is 0 Å². The molecule has 1 rings (SSSR count). The fraction of sp³-hybridized carbons (Fsp3) is 0.545. The van der Waals surface area contributed by atoms with E-state index in [9.17, 15) is 0 Å². The highest BCUT2D eigenvalue weighted by Gasteiger charge is 1.99. The van der Waals surface area contributed by atoms with Crippen LogP contribution in [-0.2, 0) is 0 Å². The maximum absolute atomic E-state index is 8.53. The first-order chi connectivity index (χ1) is 6.74. The molecule has 0 fully saturated rings. The first-order valence-electron chi connectivity index (χ1n) is 4.92. The molecule has 0 saturated heterocycles. The summed E-state index contributed by atoms with van der Waals surface area (Å²) < 4.78 is 5.23. The van der Waals surface area contributed by atoms with Gasteiger partial charge in [-0.1, -0.05) is 13.8 Å². The van der Waals surface area contributed by atoms with Crippen LogP contribution in [0.25, 0.3) is 0 Å². The molecule has 1 heterocycles. The zero-order valence-corrected chi connectivity index (χ0v) is 9.37. The molecule has 3 nitrogen and oxygen atoms in total. The van der Waals surface area contributed by atoms with Gasteiger partial charge in [0.2, 0.25) is 0 Å². The second-order valence-electron chi connectivity index (χ2n) is 2.61.